The van der Waals surface area contributed by atoms with E-state index in [1.54, 1.807) is 12.1 Å². The summed E-state index contributed by atoms with van der Waals surface area (Å²) in [5.41, 5.74) is 10.8. The van der Waals surface area contributed by atoms with Gasteiger partial charge >= 0.3 is 212 Å². The zero-order valence-electron chi connectivity index (χ0n) is 20.0. The van der Waals surface area contributed by atoms with Crippen LogP contribution >= 0.6 is 0 Å². The SMILES string of the molecule is CC(C)(C)Oc1ccc(C[C@H](N)C(=O)O)c([As]C(=O)OCC2c3ccccc3-c3ccccc32)c1. The van der Waals surface area contributed by atoms with Gasteiger partial charge in [0.15, 0.2) is 0 Å². The Morgan fingerprint density at radius 1 is 1.00 bits per heavy atom. The van der Waals surface area contributed by atoms with Crippen LogP contribution in [-0.4, -0.2) is 49.8 Å². The molecule has 4 rings (SSSR count). The first-order valence-corrected chi connectivity index (χ1v) is 13.4. The maximum absolute atomic E-state index is 13.0. The molecule has 0 amide bonds. The summed E-state index contributed by atoms with van der Waals surface area (Å²) >= 11 is -1.04. The van der Waals surface area contributed by atoms with E-state index in [-0.39, 0.29) is 23.7 Å². The molecule has 0 aromatic heterocycles. The van der Waals surface area contributed by atoms with Crippen molar-refractivity contribution in [2.75, 3.05) is 6.61 Å². The van der Waals surface area contributed by atoms with Crippen molar-refractivity contribution in [1.29, 1.82) is 0 Å². The summed E-state index contributed by atoms with van der Waals surface area (Å²) in [6, 6.07) is 20.8. The first-order valence-electron chi connectivity index (χ1n) is 11.5. The molecule has 0 aliphatic heterocycles. The second kappa shape index (κ2) is 10.3. The quantitative estimate of drug-likeness (QED) is 0.423. The van der Waals surface area contributed by atoms with Gasteiger partial charge in [-0.2, -0.15) is 0 Å². The Morgan fingerprint density at radius 2 is 1.60 bits per heavy atom. The van der Waals surface area contributed by atoms with Gasteiger partial charge in [0.05, 0.1) is 0 Å². The predicted molar refractivity (Wildman–Crippen MR) is 137 cm³/mol. The monoisotopic (exact) mass is 534 g/mol. The molecule has 3 N–H and O–H groups in total. The number of hydrogen-bond acceptors (Lipinski definition) is 5. The van der Waals surface area contributed by atoms with Crippen LogP contribution in [-0.2, 0) is 16.0 Å². The average Bonchev–Trinajstić information content (AvgIpc) is 3.12. The molecule has 1 aliphatic carbocycles. The normalized spacial score (nSPS) is 13.9. The molecule has 181 valence electrons. The molecule has 3 aromatic rings. The van der Waals surface area contributed by atoms with E-state index < -0.39 is 33.4 Å². The second-order valence-electron chi connectivity index (χ2n) is 9.57. The van der Waals surface area contributed by atoms with E-state index in [0.29, 0.717) is 5.75 Å². The Balaban J connectivity index is 1.52. The van der Waals surface area contributed by atoms with Crippen LogP contribution in [0.2, 0.25) is 0 Å². The fourth-order valence-corrected chi connectivity index (χ4v) is 6.04. The minimum atomic E-state index is -1.08. The Labute approximate surface area is 212 Å². The zero-order chi connectivity index (χ0) is 25.2. The van der Waals surface area contributed by atoms with Gasteiger partial charge in [-0.1, -0.05) is 0 Å². The Hall–Kier alpha value is -3.08. The van der Waals surface area contributed by atoms with Gasteiger partial charge in [0.2, 0.25) is 0 Å². The molecule has 1 atom stereocenters. The molecule has 0 spiro atoms. The first-order chi connectivity index (χ1) is 16.6. The van der Waals surface area contributed by atoms with Gasteiger partial charge < -0.3 is 0 Å². The van der Waals surface area contributed by atoms with E-state index in [0.717, 1.165) is 21.0 Å². The minimum absolute atomic E-state index is 0.0111. The first kappa shape index (κ1) is 25.0. The zero-order valence-corrected chi connectivity index (χ0v) is 21.9. The summed E-state index contributed by atoms with van der Waals surface area (Å²) in [6.45, 7) is 6.09. The van der Waals surface area contributed by atoms with E-state index in [4.69, 9.17) is 15.2 Å². The summed E-state index contributed by atoms with van der Waals surface area (Å²) in [7, 11) is 0. The van der Waals surface area contributed by atoms with Crippen LogP contribution in [0.5, 0.6) is 5.75 Å². The van der Waals surface area contributed by atoms with Crippen molar-refractivity contribution in [2.24, 2.45) is 5.73 Å². The van der Waals surface area contributed by atoms with Crippen LogP contribution in [0.3, 0.4) is 0 Å². The number of carboxylic acids is 1. The Bertz CT molecular complexity index is 1200. The molecule has 0 fully saturated rings. The molecule has 6 nitrogen and oxygen atoms in total. The van der Waals surface area contributed by atoms with Crippen LogP contribution in [0.1, 0.15) is 43.4 Å². The average molecular weight is 534 g/mol. The predicted octanol–water partition coefficient (Wildman–Crippen LogP) is 4.10. The number of carboxylic acid groups (broad SMARTS) is 1. The Morgan fingerprint density at radius 3 is 2.17 bits per heavy atom. The molecule has 0 unspecified atom stereocenters. The molecule has 7 heteroatoms. The molecular weight excluding hydrogens is 505 g/mol. The number of nitrogens with two attached hydrogens (primary N) is 1. The number of rotatable bonds is 8. The van der Waals surface area contributed by atoms with Gasteiger partial charge in [-0.15, -0.1) is 0 Å². The molecular formula is C28H29AsNO5. The summed E-state index contributed by atoms with van der Waals surface area (Å²) in [5, 5.41) is 9.26. The van der Waals surface area contributed by atoms with Crippen molar-refractivity contribution in [1.82, 2.24) is 0 Å². The molecule has 3 aromatic carbocycles. The standard InChI is InChI=1S/C28H29AsNO5/c1-28(2,3)35-18-13-12-17(14-25(30)26(31)32)24(15-18)29-27(33)34-16-23-21-10-6-4-8-19(21)20-9-5-7-11-22(20)23/h4-13,15,23,25H,14,16,30H2,1-3H3,(H,31,32)/t25-/m0/s1. The number of carbonyl (C=O) groups excluding carboxylic acids is 1. The number of carbonyl (C=O) groups is 2. The second-order valence-corrected chi connectivity index (χ2v) is 11.8. The summed E-state index contributed by atoms with van der Waals surface area (Å²) in [6.07, 6.45) is 0.132. The summed E-state index contributed by atoms with van der Waals surface area (Å²) in [5.74, 6) is -0.465. The van der Waals surface area contributed by atoms with E-state index in [1.807, 2.05) is 51.1 Å². The Kier molecular flexibility index (Phi) is 7.34. The van der Waals surface area contributed by atoms with Gasteiger partial charge in [-0.3, -0.25) is 0 Å². The molecule has 1 aliphatic rings. The van der Waals surface area contributed by atoms with Crippen LogP contribution in [0.15, 0.2) is 66.7 Å². The molecule has 0 heterocycles. The van der Waals surface area contributed by atoms with Gasteiger partial charge in [0.1, 0.15) is 0 Å². The van der Waals surface area contributed by atoms with Crippen molar-refractivity contribution >= 4 is 30.8 Å². The van der Waals surface area contributed by atoms with Gasteiger partial charge in [0.25, 0.3) is 0 Å². The van der Waals surface area contributed by atoms with Gasteiger partial charge in [-0.05, 0) is 0 Å². The van der Waals surface area contributed by atoms with E-state index >= 15 is 0 Å². The third-order valence-corrected chi connectivity index (χ3v) is 7.82. The number of fused-ring (bicyclic) bond motifs is 3. The van der Waals surface area contributed by atoms with Crippen molar-refractivity contribution in [2.45, 2.75) is 44.8 Å². The van der Waals surface area contributed by atoms with Gasteiger partial charge in [0, 0.05) is 0 Å². The molecule has 0 saturated carbocycles. The summed E-state index contributed by atoms with van der Waals surface area (Å²) < 4.78 is 12.2. The van der Waals surface area contributed by atoms with Crippen molar-refractivity contribution in [3.63, 3.8) is 0 Å². The van der Waals surface area contributed by atoms with E-state index in [1.165, 1.54) is 11.1 Å². The molecule has 0 saturated heterocycles. The third-order valence-electron chi connectivity index (χ3n) is 5.79. The number of benzene rings is 3. The van der Waals surface area contributed by atoms with Crippen LogP contribution < -0.4 is 14.8 Å². The summed E-state index contributed by atoms with van der Waals surface area (Å²) in [4.78, 5) is 24.3. The fourth-order valence-electron chi connectivity index (χ4n) is 4.29. The molecule has 35 heavy (non-hydrogen) atoms. The van der Waals surface area contributed by atoms with Crippen LogP contribution in [0.4, 0.5) is 4.79 Å². The van der Waals surface area contributed by atoms with E-state index in [2.05, 4.69) is 24.3 Å². The fraction of sp³-hybridized carbons (Fsp3) is 0.286. The molecule has 0 bridgehead atoms. The van der Waals surface area contributed by atoms with Gasteiger partial charge in [-0.25, -0.2) is 0 Å². The number of aliphatic carboxylic acids is 1. The number of hydrogen-bond donors (Lipinski definition) is 2. The van der Waals surface area contributed by atoms with Crippen LogP contribution in [0.25, 0.3) is 11.1 Å². The third kappa shape index (κ3) is 5.95. The maximum atomic E-state index is 13.0. The topological polar surface area (TPSA) is 98.9 Å². The van der Waals surface area contributed by atoms with Crippen LogP contribution in [0, 0.1) is 0 Å². The van der Waals surface area contributed by atoms with Crippen molar-refractivity contribution in [3.8, 4) is 16.9 Å². The molecule has 1 radical (unpaired) electrons. The van der Waals surface area contributed by atoms with Crippen molar-refractivity contribution in [3.05, 3.63) is 83.4 Å². The van der Waals surface area contributed by atoms with Crippen molar-refractivity contribution < 1.29 is 24.2 Å². The number of ether oxygens (including phenoxy) is 2. The van der Waals surface area contributed by atoms with E-state index in [9.17, 15) is 14.7 Å².